The second-order valence-corrected chi connectivity index (χ2v) is 8.50. The van der Waals surface area contributed by atoms with Crippen molar-refractivity contribution < 1.29 is 19.4 Å². The fraction of sp³-hybridized carbons (Fsp3) is 0.320. The highest BCUT2D eigenvalue weighted by Crippen LogP contribution is 2.42. The number of carbonyl (C=O) groups excluding carboxylic acids is 1. The Kier molecular flexibility index (Phi) is 4.96. The van der Waals surface area contributed by atoms with E-state index in [-0.39, 0.29) is 12.3 Å². The lowest BCUT2D eigenvalue weighted by atomic mass is 9.76. The van der Waals surface area contributed by atoms with Crippen LogP contribution >= 0.6 is 0 Å². The minimum Gasteiger partial charge on any atom is -0.497 e. The summed E-state index contributed by atoms with van der Waals surface area (Å²) in [6, 6.07) is 14.4. The van der Waals surface area contributed by atoms with E-state index in [0.717, 1.165) is 30.7 Å². The van der Waals surface area contributed by atoms with Crippen LogP contribution in [0.3, 0.4) is 0 Å². The molecule has 2 bridgehead atoms. The van der Waals surface area contributed by atoms with Gasteiger partial charge in [0.2, 0.25) is 0 Å². The van der Waals surface area contributed by atoms with Crippen LogP contribution in [-0.4, -0.2) is 46.3 Å². The van der Waals surface area contributed by atoms with Gasteiger partial charge in [0.25, 0.3) is 0 Å². The van der Waals surface area contributed by atoms with E-state index in [2.05, 4.69) is 28.2 Å². The van der Waals surface area contributed by atoms with Gasteiger partial charge in [-0.1, -0.05) is 12.1 Å². The number of aromatic nitrogens is 2. The van der Waals surface area contributed by atoms with Gasteiger partial charge in [-0.15, -0.1) is 0 Å². The van der Waals surface area contributed by atoms with E-state index < -0.39 is 5.97 Å². The van der Waals surface area contributed by atoms with Gasteiger partial charge >= 0.3 is 5.97 Å². The lowest BCUT2D eigenvalue weighted by Gasteiger charge is -2.46. The molecule has 6 rings (SSSR count). The van der Waals surface area contributed by atoms with Crippen molar-refractivity contribution in [3.63, 3.8) is 0 Å². The van der Waals surface area contributed by atoms with Crippen molar-refractivity contribution in [3.8, 4) is 5.75 Å². The molecule has 0 radical (unpaired) electrons. The standard InChI is InChI=1S/C25H25N3O4/c1-15(29)25-22-11-16(4-10-23(22)28(26-25)14-24(30)31)21-12-19-5-3-17(21)13-27(19)18-6-8-20(32-2)9-7-18/h4,6-12,17,19H,3,5,13-14H2,1-2H3,(H,30,31)/t17-,19-/m0/s1. The number of piperidine rings is 1. The molecule has 0 saturated carbocycles. The summed E-state index contributed by atoms with van der Waals surface area (Å²) in [5.74, 6) is 0.0974. The van der Waals surface area contributed by atoms with E-state index in [1.165, 1.54) is 22.9 Å². The number of benzene rings is 2. The third-order valence-corrected chi connectivity index (χ3v) is 6.55. The molecule has 1 aliphatic carbocycles. The smallest absolute Gasteiger partial charge is 0.325 e. The van der Waals surface area contributed by atoms with Crippen LogP contribution in [0.4, 0.5) is 5.69 Å². The maximum absolute atomic E-state index is 12.2. The molecule has 1 N–H and O–H groups in total. The second kappa shape index (κ2) is 7.82. The van der Waals surface area contributed by atoms with Gasteiger partial charge in [-0.25, -0.2) is 0 Å². The van der Waals surface area contributed by atoms with Crippen LogP contribution < -0.4 is 9.64 Å². The molecular weight excluding hydrogens is 406 g/mol. The van der Waals surface area contributed by atoms with Crippen LogP contribution in [0.5, 0.6) is 5.75 Å². The van der Waals surface area contributed by atoms with E-state index in [0.29, 0.717) is 28.6 Å². The van der Waals surface area contributed by atoms with Crippen LogP contribution in [0.15, 0.2) is 48.5 Å². The first kappa shape index (κ1) is 20.3. The Morgan fingerprint density at radius 2 is 1.94 bits per heavy atom. The van der Waals surface area contributed by atoms with Crippen LogP contribution in [-0.2, 0) is 11.3 Å². The van der Waals surface area contributed by atoms with Gasteiger partial charge in [-0.3, -0.25) is 14.3 Å². The largest absolute Gasteiger partial charge is 0.497 e. The van der Waals surface area contributed by atoms with E-state index in [1.54, 1.807) is 7.11 Å². The minimum absolute atomic E-state index is 0.166. The highest BCUT2D eigenvalue weighted by Gasteiger charge is 2.35. The molecule has 164 valence electrons. The number of anilines is 1. The van der Waals surface area contributed by atoms with Crippen LogP contribution in [0.25, 0.3) is 16.5 Å². The van der Waals surface area contributed by atoms with Crippen molar-refractivity contribution >= 4 is 33.9 Å². The summed E-state index contributed by atoms with van der Waals surface area (Å²) in [4.78, 5) is 25.8. The highest BCUT2D eigenvalue weighted by atomic mass is 16.5. The molecule has 1 saturated heterocycles. The lowest BCUT2D eigenvalue weighted by molar-refractivity contribution is -0.137. The molecule has 1 fully saturated rings. The SMILES string of the molecule is COc1ccc(N2C[C@@H]3CC[C@H]2C=C3c2ccc3c(c2)c(C(C)=O)nn3CC(=O)O)cc1. The predicted octanol–water partition coefficient (Wildman–Crippen LogP) is 4.01. The van der Waals surface area contributed by atoms with Crippen molar-refractivity contribution in [2.45, 2.75) is 32.4 Å². The van der Waals surface area contributed by atoms with Crippen molar-refractivity contribution in [1.29, 1.82) is 0 Å². The number of fused-ring (bicyclic) bond motifs is 3. The first-order valence-corrected chi connectivity index (χ1v) is 10.8. The fourth-order valence-electron chi connectivity index (χ4n) is 5.03. The average Bonchev–Trinajstić information content (AvgIpc) is 3.16. The lowest BCUT2D eigenvalue weighted by Crippen LogP contribution is -2.46. The number of rotatable bonds is 6. The van der Waals surface area contributed by atoms with Gasteiger partial charge in [0.15, 0.2) is 5.78 Å². The summed E-state index contributed by atoms with van der Waals surface area (Å²) in [5.41, 5.74) is 4.57. The molecular formula is C25H25N3O4. The number of hydrogen-bond donors (Lipinski definition) is 1. The number of Topliss-reactive ketones (excluding diaryl/α,β-unsaturated/α-hetero) is 1. The molecule has 7 heteroatoms. The number of methoxy groups -OCH3 is 1. The zero-order chi connectivity index (χ0) is 22.4. The summed E-state index contributed by atoms with van der Waals surface area (Å²) < 4.78 is 6.68. The molecule has 2 atom stereocenters. The summed E-state index contributed by atoms with van der Waals surface area (Å²) >= 11 is 0. The number of ether oxygens (including phenoxy) is 1. The maximum atomic E-state index is 12.2. The fourth-order valence-corrected chi connectivity index (χ4v) is 5.03. The Morgan fingerprint density at radius 3 is 2.56 bits per heavy atom. The molecule has 0 amide bonds. The van der Waals surface area contributed by atoms with Crippen molar-refractivity contribution in [2.24, 2.45) is 5.92 Å². The molecule has 3 heterocycles. The monoisotopic (exact) mass is 431 g/mol. The summed E-state index contributed by atoms with van der Waals surface area (Å²) in [5, 5.41) is 14.2. The highest BCUT2D eigenvalue weighted by molar-refractivity contribution is 6.05. The Morgan fingerprint density at radius 1 is 1.16 bits per heavy atom. The molecule has 3 aliphatic rings. The normalized spacial score (nSPS) is 19.8. The van der Waals surface area contributed by atoms with Gasteiger partial charge in [0.05, 0.1) is 12.6 Å². The second-order valence-electron chi connectivity index (χ2n) is 8.50. The number of nitrogens with zero attached hydrogens (tertiary/aromatic N) is 3. The van der Waals surface area contributed by atoms with Crippen molar-refractivity contribution in [3.05, 3.63) is 59.8 Å². The third-order valence-electron chi connectivity index (χ3n) is 6.55. The van der Waals surface area contributed by atoms with Gasteiger partial charge in [-0.05, 0) is 60.4 Å². The topological polar surface area (TPSA) is 84.7 Å². The van der Waals surface area contributed by atoms with Crippen LogP contribution in [0.1, 0.15) is 35.8 Å². The summed E-state index contributed by atoms with van der Waals surface area (Å²) in [6.07, 6.45) is 4.58. The van der Waals surface area contributed by atoms with E-state index in [1.807, 2.05) is 30.3 Å². The number of carbonyl (C=O) groups is 2. The zero-order valence-corrected chi connectivity index (χ0v) is 18.1. The van der Waals surface area contributed by atoms with Gasteiger partial charge in [0, 0.05) is 36.5 Å². The number of carboxylic acid groups (broad SMARTS) is 1. The molecule has 7 nitrogen and oxygen atoms in total. The van der Waals surface area contributed by atoms with Crippen LogP contribution in [0, 0.1) is 5.92 Å². The minimum atomic E-state index is -0.987. The number of hydrogen-bond acceptors (Lipinski definition) is 5. The van der Waals surface area contributed by atoms with Gasteiger partial charge in [0.1, 0.15) is 18.0 Å². The molecule has 2 aliphatic heterocycles. The third kappa shape index (κ3) is 3.43. The molecule has 0 unspecified atom stereocenters. The zero-order valence-electron chi connectivity index (χ0n) is 18.1. The van der Waals surface area contributed by atoms with E-state index in [4.69, 9.17) is 4.74 Å². The average molecular weight is 431 g/mol. The predicted molar refractivity (Wildman–Crippen MR) is 122 cm³/mol. The Hall–Kier alpha value is -3.61. The molecule has 0 spiro atoms. The number of ketones is 1. The van der Waals surface area contributed by atoms with E-state index in [9.17, 15) is 14.7 Å². The quantitative estimate of drug-likeness (QED) is 0.594. The number of carboxylic acids is 1. The molecule has 3 aromatic rings. The van der Waals surface area contributed by atoms with Crippen molar-refractivity contribution in [2.75, 3.05) is 18.6 Å². The first-order chi connectivity index (χ1) is 15.4. The van der Waals surface area contributed by atoms with Crippen molar-refractivity contribution in [1.82, 2.24) is 9.78 Å². The summed E-state index contributed by atoms with van der Waals surface area (Å²) in [6.45, 7) is 2.14. The Labute approximate surface area is 185 Å². The number of aliphatic carboxylic acids is 1. The molecule has 1 aromatic heterocycles. The maximum Gasteiger partial charge on any atom is 0.325 e. The molecule has 32 heavy (non-hydrogen) atoms. The Balaban J connectivity index is 1.51. The van der Waals surface area contributed by atoms with Gasteiger partial charge < -0.3 is 14.7 Å². The first-order valence-electron chi connectivity index (χ1n) is 10.8. The van der Waals surface area contributed by atoms with E-state index >= 15 is 0 Å². The summed E-state index contributed by atoms with van der Waals surface area (Å²) in [7, 11) is 1.67. The van der Waals surface area contributed by atoms with Crippen LogP contribution in [0.2, 0.25) is 0 Å². The van der Waals surface area contributed by atoms with Gasteiger partial charge in [-0.2, -0.15) is 5.10 Å². The Bertz CT molecular complexity index is 1240. The molecule has 2 aromatic carbocycles.